The van der Waals surface area contributed by atoms with Gasteiger partial charge in [0, 0.05) is 55.1 Å². The van der Waals surface area contributed by atoms with Crippen LogP contribution in [0, 0.1) is 0 Å². The number of hydrogen-bond acceptors (Lipinski definition) is 6. The molecule has 1 aliphatic rings. The van der Waals surface area contributed by atoms with Crippen molar-refractivity contribution in [1.29, 1.82) is 0 Å². The molecule has 4 heterocycles. The molecule has 0 atom stereocenters. The van der Waals surface area contributed by atoms with Gasteiger partial charge in [-0.1, -0.05) is 12.1 Å². The van der Waals surface area contributed by atoms with E-state index in [2.05, 4.69) is 25.9 Å². The molecule has 1 saturated carbocycles. The molecule has 6 rings (SSSR count). The molecule has 0 amide bonds. The molecular formula is C27H29N7O3S. The van der Waals surface area contributed by atoms with Gasteiger partial charge in [-0.2, -0.15) is 5.10 Å². The second-order valence-electron chi connectivity index (χ2n) is 10.2. The third-order valence-electron chi connectivity index (χ3n) is 7.46. The van der Waals surface area contributed by atoms with E-state index in [1.165, 1.54) is 6.26 Å². The van der Waals surface area contributed by atoms with Gasteiger partial charge in [0.05, 0.1) is 40.9 Å². The number of rotatable bonds is 5. The molecule has 1 aromatic carbocycles. The number of pyridine rings is 2. The van der Waals surface area contributed by atoms with Gasteiger partial charge in [0.1, 0.15) is 0 Å². The Bertz CT molecular complexity index is 1830. The van der Waals surface area contributed by atoms with Crippen molar-refractivity contribution in [2.45, 2.75) is 37.8 Å². The number of benzene rings is 1. The van der Waals surface area contributed by atoms with Crippen molar-refractivity contribution >= 4 is 32.0 Å². The number of aryl methyl sites for hydroxylation is 2. The second kappa shape index (κ2) is 9.17. The van der Waals surface area contributed by atoms with Crippen LogP contribution in [0.1, 0.15) is 31.7 Å². The highest BCUT2D eigenvalue weighted by Gasteiger charge is 2.28. The number of nitrogens with zero attached hydrogens (tertiary/aromatic N) is 6. The maximum Gasteiger partial charge on any atom is 0.329 e. The Morgan fingerprint density at radius 1 is 0.921 bits per heavy atom. The molecule has 11 heteroatoms. The van der Waals surface area contributed by atoms with Crippen LogP contribution in [0.25, 0.3) is 44.3 Å². The predicted molar refractivity (Wildman–Crippen MR) is 147 cm³/mol. The van der Waals surface area contributed by atoms with E-state index in [0.29, 0.717) is 12.8 Å². The Hall–Kier alpha value is -3.83. The van der Waals surface area contributed by atoms with Crippen LogP contribution in [0.15, 0.2) is 59.9 Å². The van der Waals surface area contributed by atoms with Crippen LogP contribution in [0.4, 0.5) is 0 Å². The standard InChI is InChI=1S/C27H29N7O3S/c1-32-16-19(14-30-32)23-10-5-18(13-28-23)17-4-11-24-22(12-17)26-25(15-29-24)33(2)27(35)34(26)21-8-6-20(7-9-21)31-38(3,36)37/h4-5,10-16,20-21,31H,6-9H2,1-3H3. The van der Waals surface area contributed by atoms with E-state index in [9.17, 15) is 13.2 Å². The van der Waals surface area contributed by atoms with Crippen molar-refractivity contribution in [3.8, 4) is 22.4 Å². The molecule has 4 aromatic heterocycles. The predicted octanol–water partition coefficient (Wildman–Crippen LogP) is 3.38. The minimum Gasteiger partial charge on any atom is -0.293 e. The lowest BCUT2D eigenvalue weighted by atomic mass is 9.91. The Kier molecular flexibility index (Phi) is 5.92. The normalized spacial score (nSPS) is 18.4. The van der Waals surface area contributed by atoms with E-state index in [0.717, 1.165) is 57.2 Å². The molecule has 1 aliphatic carbocycles. The maximum atomic E-state index is 13.4. The molecule has 1 N–H and O–H groups in total. The summed E-state index contributed by atoms with van der Waals surface area (Å²) in [6.07, 6.45) is 11.3. The zero-order valence-corrected chi connectivity index (χ0v) is 22.3. The molecule has 38 heavy (non-hydrogen) atoms. The van der Waals surface area contributed by atoms with Crippen molar-refractivity contribution in [1.82, 2.24) is 33.6 Å². The molecule has 0 spiro atoms. The molecule has 196 valence electrons. The fraction of sp³-hybridized carbons (Fsp3) is 0.333. The first-order chi connectivity index (χ1) is 18.2. The third-order valence-corrected chi connectivity index (χ3v) is 8.22. The highest BCUT2D eigenvalue weighted by molar-refractivity contribution is 7.88. The lowest BCUT2D eigenvalue weighted by Gasteiger charge is -2.29. The highest BCUT2D eigenvalue weighted by Crippen LogP contribution is 2.34. The van der Waals surface area contributed by atoms with E-state index >= 15 is 0 Å². The first-order valence-electron chi connectivity index (χ1n) is 12.6. The molecule has 10 nitrogen and oxygen atoms in total. The van der Waals surface area contributed by atoms with Crippen molar-refractivity contribution in [3.63, 3.8) is 0 Å². The van der Waals surface area contributed by atoms with Crippen LogP contribution < -0.4 is 10.4 Å². The topological polar surface area (TPSA) is 117 Å². The summed E-state index contributed by atoms with van der Waals surface area (Å²) in [5.74, 6) is 0. The summed E-state index contributed by atoms with van der Waals surface area (Å²) < 4.78 is 31.4. The van der Waals surface area contributed by atoms with Gasteiger partial charge in [0.2, 0.25) is 10.0 Å². The van der Waals surface area contributed by atoms with Gasteiger partial charge >= 0.3 is 5.69 Å². The van der Waals surface area contributed by atoms with E-state index in [1.54, 1.807) is 28.7 Å². The van der Waals surface area contributed by atoms with E-state index in [-0.39, 0.29) is 17.8 Å². The van der Waals surface area contributed by atoms with Crippen molar-refractivity contribution < 1.29 is 8.42 Å². The van der Waals surface area contributed by atoms with Crippen LogP contribution in [0.5, 0.6) is 0 Å². The van der Waals surface area contributed by atoms with Crippen molar-refractivity contribution in [2.75, 3.05) is 6.26 Å². The quantitative estimate of drug-likeness (QED) is 0.372. The first-order valence-corrected chi connectivity index (χ1v) is 14.5. The summed E-state index contributed by atoms with van der Waals surface area (Å²) in [6.45, 7) is 0. The van der Waals surface area contributed by atoms with Crippen molar-refractivity contribution in [2.24, 2.45) is 14.1 Å². The summed E-state index contributed by atoms with van der Waals surface area (Å²) in [4.78, 5) is 22.7. The smallest absolute Gasteiger partial charge is 0.293 e. The van der Waals surface area contributed by atoms with Gasteiger partial charge in [-0.15, -0.1) is 0 Å². The maximum absolute atomic E-state index is 13.4. The molecule has 0 bridgehead atoms. The van der Waals surface area contributed by atoms with Crippen LogP contribution in [-0.4, -0.2) is 49.6 Å². The summed E-state index contributed by atoms with van der Waals surface area (Å²) in [5, 5.41) is 5.13. The first kappa shape index (κ1) is 24.5. The lowest BCUT2D eigenvalue weighted by Crippen LogP contribution is -2.38. The zero-order valence-electron chi connectivity index (χ0n) is 21.5. The summed E-state index contributed by atoms with van der Waals surface area (Å²) in [7, 11) is 0.390. The molecule has 0 saturated heterocycles. The Labute approximate surface area is 220 Å². The largest absolute Gasteiger partial charge is 0.329 e. The third kappa shape index (κ3) is 4.41. The monoisotopic (exact) mass is 531 g/mol. The SMILES string of the molecule is Cn1cc(-c2ccc(-c3ccc4ncc5c(c4c3)n(C3CCC(NS(C)(=O)=O)CC3)c(=O)n5C)cn2)cn1. The van der Waals surface area contributed by atoms with E-state index in [1.807, 2.05) is 48.3 Å². The number of imidazole rings is 1. The minimum atomic E-state index is -3.26. The van der Waals surface area contributed by atoms with Crippen molar-refractivity contribution in [3.05, 3.63) is 65.6 Å². The Morgan fingerprint density at radius 3 is 2.34 bits per heavy atom. The summed E-state index contributed by atoms with van der Waals surface area (Å²) >= 11 is 0. The van der Waals surface area contributed by atoms with Gasteiger partial charge < -0.3 is 0 Å². The fourth-order valence-electron chi connectivity index (χ4n) is 5.59. The Morgan fingerprint density at radius 2 is 1.68 bits per heavy atom. The molecular weight excluding hydrogens is 502 g/mol. The van der Waals surface area contributed by atoms with Gasteiger partial charge in [-0.25, -0.2) is 17.9 Å². The zero-order chi connectivity index (χ0) is 26.6. The fourth-order valence-corrected chi connectivity index (χ4v) is 6.43. The Balaban J connectivity index is 1.40. The number of nitrogens with one attached hydrogen (secondary N) is 1. The molecule has 1 fully saturated rings. The lowest BCUT2D eigenvalue weighted by molar-refractivity contribution is 0.310. The second-order valence-corrected chi connectivity index (χ2v) is 11.9. The van der Waals surface area contributed by atoms with Crippen LogP contribution >= 0.6 is 0 Å². The highest BCUT2D eigenvalue weighted by atomic mass is 32.2. The van der Waals surface area contributed by atoms with Crippen LogP contribution in [-0.2, 0) is 24.1 Å². The van der Waals surface area contributed by atoms with E-state index < -0.39 is 10.0 Å². The van der Waals surface area contributed by atoms with Gasteiger partial charge in [0.15, 0.2) is 0 Å². The van der Waals surface area contributed by atoms with Gasteiger partial charge in [-0.05, 0) is 49.4 Å². The molecule has 0 unspecified atom stereocenters. The molecule has 0 aliphatic heterocycles. The summed E-state index contributed by atoms with van der Waals surface area (Å²) in [6, 6.07) is 9.99. The molecule has 5 aromatic rings. The number of aromatic nitrogens is 6. The minimum absolute atomic E-state index is 0.0153. The van der Waals surface area contributed by atoms with Crippen LogP contribution in [0.3, 0.4) is 0 Å². The average molecular weight is 532 g/mol. The molecule has 0 radical (unpaired) electrons. The number of fused-ring (bicyclic) bond motifs is 3. The average Bonchev–Trinajstić information content (AvgIpc) is 3.44. The summed E-state index contributed by atoms with van der Waals surface area (Å²) in [5.41, 5.74) is 6.14. The van der Waals surface area contributed by atoms with Gasteiger partial charge in [-0.3, -0.25) is 23.8 Å². The van der Waals surface area contributed by atoms with Crippen LogP contribution in [0.2, 0.25) is 0 Å². The van der Waals surface area contributed by atoms with Gasteiger partial charge in [0.25, 0.3) is 0 Å². The van der Waals surface area contributed by atoms with E-state index in [4.69, 9.17) is 0 Å². The number of hydrogen-bond donors (Lipinski definition) is 1. The number of sulfonamides is 1.